The lowest BCUT2D eigenvalue weighted by atomic mass is 9.75. The van der Waals surface area contributed by atoms with Crippen molar-refractivity contribution < 1.29 is 18.7 Å². The number of rotatable bonds is 4. The Kier molecular flexibility index (Phi) is 4.82. The summed E-state index contributed by atoms with van der Waals surface area (Å²) < 4.78 is 29.0. The van der Waals surface area contributed by atoms with Gasteiger partial charge in [0.25, 0.3) is 0 Å². The molecule has 0 aromatic heterocycles. The van der Waals surface area contributed by atoms with Crippen molar-refractivity contribution in [3.8, 4) is 0 Å². The molecule has 158 valence electrons. The molecule has 2 heterocycles. The lowest BCUT2D eigenvalue weighted by Gasteiger charge is -2.39. The number of hydrogen-bond acceptors (Lipinski definition) is 3. The minimum Gasteiger partial charge on any atom is -0.395 e. The summed E-state index contributed by atoms with van der Waals surface area (Å²) in [6.07, 6.45) is 2.46. The van der Waals surface area contributed by atoms with Crippen LogP contribution in [0.3, 0.4) is 0 Å². The van der Waals surface area contributed by atoms with Crippen LogP contribution >= 0.6 is 23.2 Å². The molecular weight excluding hydrogens is 433 g/mol. The lowest BCUT2D eigenvalue weighted by molar-refractivity contribution is -0.128. The van der Waals surface area contributed by atoms with E-state index in [1.807, 2.05) is 4.90 Å². The van der Waals surface area contributed by atoms with Crippen molar-refractivity contribution in [3.05, 3.63) is 63.1 Å². The Morgan fingerprint density at radius 1 is 1.20 bits per heavy atom. The molecule has 2 aromatic rings. The second-order valence-electron chi connectivity index (χ2n) is 8.40. The SMILES string of the molecule is O=C1Nc2cc(Cl)ccc2[C@@]12[C@@H](c1ccc(F)c(Cl)c1F)C[C@H](CO)N2CC1CC1. The summed E-state index contributed by atoms with van der Waals surface area (Å²) in [6, 6.07) is 7.31. The smallest absolute Gasteiger partial charge is 0.250 e. The van der Waals surface area contributed by atoms with E-state index < -0.39 is 28.1 Å². The minimum atomic E-state index is -1.22. The van der Waals surface area contributed by atoms with E-state index in [1.54, 1.807) is 18.2 Å². The average molecular weight is 453 g/mol. The number of amides is 1. The van der Waals surface area contributed by atoms with Gasteiger partial charge < -0.3 is 10.4 Å². The van der Waals surface area contributed by atoms with Crippen LogP contribution in [0.4, 0.5) is 14.5 Å². The highest BCUT2D eigenvalue weighted by atomic mass is 35.5. The Morgan fingerprint density at radius 2 is 1.97 bits per heavy atom. The van der Waals surface area contributed by atoms with Gasteiger partial charge in [0.15, 0.2) is 0 Å². The summed E-state index contributed by atoms with van der Waals surface area (Å²) in [4.78, 5) is 15.6. The quantitative estimate of drug-likeness (QED) is 0.662. The molecule has 3 aliphatic rings. The van der Waals surface area contributed by atoms with Crippen LogP contribution in [0.5, 0.6) is 0 Å². The minimum absolute atomic E-state index is 0.169. The summed E-state index contributed by atoms with van der Waals surface area (Å²) in [6.45, 7) is 0.450. The van der Waals surface area contributed by atoms with Crippen LogP contribution in [-0.2, 0) is 10.3 Å². The van der Waals surface area contributed by atoms with Gasteiger partial charge in [-0.15, -0.1) is 0 Å². The fraction of sp³-hybridized carbons (Fsp3) is 0.409. The predicted octanol–water partition coefficient (Wildman–Crippen LogP) is 4.68. The number of anilines is 1. The molecular formula is C22H20Cl2F2N2O2. The fourth-order valence-corrected chi connectivity index (χ4v) is 5.53. The number of nitrogens with zero attached hydrogens (tertiary/aromatic N) is 1. The number of aliphatic hydroxyl groups is 1. The number of hydrogen-bond donors (Lipinski definition) is 2. The third-order valence-corrected chi connectivity index (χ3v) is 7.28. The van der Waals surface area contributed by atoms with Crippen molar-refractivity contribution in [2.24, 2.45) is 5.92 Å². The van der Waals surface area contributed by atoms with Gasteiger partial charge in [0.1, 0.15) is 22.2 Å². The number of nitrogens with one attached hydrogen (secondary N) is 1. The summed E-state index contributed by atoms with van der Waals surface area (Å²) >= 11 is 12.0. The van der Waals surface area contributed by atoms with Gasteiger partial charge in [-0.3, -0.25) is 9.69 Å². The summed E-state index contributed by atoms with van der Waals surface area (Å²) in [7, 11) is 0. The highest BCUT2D eigenvalue weighted by molar-refractivity contribution is 6.31. The Morgan fingerprint density at radius 3 is 2.67 bits per heavy atom. The van der Waals surface area contributed by atoms with Crippen molar-refractivity contribution in [2.75, 3.05) is 18.5 Å². The van der Waals surface area contributed by atoms with Crippen molar-refractivity contribution in [1.29, 1.82) is 0 Å². The zero-order valence-electron chi connectivity index (χ0n) is 16.0. The van der Waals surface area contributed by atoms with E-state index in [1.165, 1.54) is 6.07 Å². The molecule has 5 rings (SSSR count). The number of carbonyl (C=O) groups is 1. The number of fused-ring (bicyclic) bond motifs is 2. The third kappa shape index (κ3) is 2.81. The largest absolute Gasteiger partial charge is 0.395 e. The zero-order chi connectivity index (χ0) is 21.2. The first kappa shape index (κ1) is 20.2. The molecule has 0 bridgehead atoms. The molecule has 2 aliphatic heterocycles. The molecule has 2 N–H and O–H groups in total. The molecule has 1 saturated heterocycles. The van der Waals surface area contributed by atoms with E-state index in [0.717, 1.165) is 18.9 Å². The highest BCUT2D eigenvalue weighted by Crippen LogP contribution is 2.58. The van der Waals surface area contributed by atoms with Gasteiger partial charge in [-0.05, 0) is 48.9 Å². The summed E-state index contributed by atoms with van der Waals surface area (Å²) in [5.41, 5.74) is 0.220. The van der Waals surface area contributed by atoms with Gasteiger partial charge in [0.05, 0.1) is 6.61 Å². The van der Waals surface area contributed by atoms with E-state index in [2.05, 4.69) is 5.32 Å². The van der Waals surface area contributed by atoms with Crippen LogP contribution in [0.1, 0.15) is 36.3 Å². The molecule has 1 amide bonds. The average Bonchev–Trinajstić information content (AvgIpc) is 3.42. The molecule has 30 heavy (non-hydrogen) atoms. The Balaban J connectivity index is 1.74. The zero-order valence-corrected chi connectivity index (χ0v) is 17.5. The molecule has 2 fully saturated rings. The molecule has 0 unspecified atom stereocenters. The number of benzene rings is 2. The van der Waals surface area contributed by atoms with Gasteiger partial charge in [0, 0.05) is 34.8 Å². The first-order valence-electron chi connectivity index (χ1n) is 10.00. The van der Waals surface area contributed by atoms with Crippen LogP contribution in [0.15, 0.2) is 30.3 Å². The van der Waals surface area contributed by atoms with Crippen LogP contribution < -0.4 is 5.32 Å². The first-order chi connectivity index (χ1) is 14.4. The fourth-order valence-electron chi connectivity index (χ4n) is 5.19. The standard InChI is InChI=1S/C22H20Cl2F2N2O2/c23-12-3-5-15-18(7-12)27-21(30)22(15)16(14-4-6-17(25)19(24)20(14)26)8-13(10-29)28(22)9-11-1-2-11/h3-7,11,13,16,29H,1-2,8-10H2,(H,27,30)/t13-,16-,22-/m1/s1. The number of likely N-dealkylation sites (tertiary alicyclic amines) is 1. The normalized spacial score (nSPS) is 28.2. The third-order valence-electron chi connectivity index (χ3n) is 6.70. The molecule has 8 heteroatoms. The van der Waals surface area contributed by atoms with Gasteiger partial charge in [0.2, 0.25) is 5.91 Å². The lowest BCUT2D eigenvalue weighted by Crippen LogP contribution is -2.53. The van der Waals surface area contributed by atoms with E-state index in [0.29, 0.717) is 35.2 Å². The Labute approximate surface area is 182 Å². The van der Waals surface area contributed by atoms with Crippen molar-refractivity contribution in [2.45, 2.75) is 36.8 Å². The van der Waals surface area contributed by atoms with E-state index >= 15 is 4.39 Å². The van der Waals surface area contributed by atoms with Gasteiger partial charge in [-0.1, -0.05) is 35.3 Å². The molecule has 2 aromatic carbocycles. The van der Waals surface area contributed by atoms with Crippen LogP contribution in [0, 0.1) is 17.6 Å². The van der Waals surface area contributed by atoms with Gasteiger partial charge in [-0.2, -0.15) is 0 Å². The highest BCUT2D eigenvalue weighted by Gasteiger charge is 2.63. The van der Waals surface area contributed by atoms with Crippen LogP contribution in [0.25, 0.3) is 0 Å². The van der Waals surface area contributed by atoms with Crippen molar-refractivity contribution >= 4 is 34.8 Å². The molecule has 3 atom stereocenters. The summed E-state index contributed by atoms with van der Waals surface area (Å²) in [5.74, 6) is -2.21. The van der Waals surface area contributed by atoms with Crippen LogP contribution in [-0.4, -0.2) is 35.1 Å². The maximum atomic E-state index is 15.1. The molecule has 1 aliphatic carbocycles. The van der Waals surface area contributed by atoms with Crippen molar-refractivity contribution in [1.82, 2.24) is 4.90 Å². The summed E-state index contributed by atoms with van der Waals surface area (Å²) in [5, 5.41) is 12.9. The van der Waals surface area contributed by atoms with E-state index in [4.69, 9.17) is 23.2 Å². The Hall–Kier alpha value is -1.73. The monoisotopic (exact) mass is 452 g/mol. The Bertz CT molecular complexity index is 1050. The van der Waals surface area contributed by atoms with E-state index in [-0.39, 0.29) is 24.1 Å². The second-order valence-corrected chi connectivity index (χ2v) is 9.21. The predicted molar refractivity (Wildman–Crippen MR) is 111 cm³/mol. The van der Waals surface area contributed by atoms with Crippen molar-refractivity contribution in [3.63, 3.8) is 0 Å². The number of aliphatic hydroxyl groups excluding tert-OH is 1. The molecule has 0 radical (unpaired) electrons. The molecule has 4 nitrogen and oxygen atoms in total. The maximum absolute atomic E-state index is 15.1. The molecule has 1 saturated carbocycles. The van der Waals surface area contributed by atoms with Gasteiger partial charge in [-0.25, -0.2) is 8.78 Å². The van der Waals surface area contributed by atoms with Gasteiger partial charge >= 0.3 is 0 Å². The number of halogens is 4. The maximum Gasteiger partial charge on any atom is 0.250 e. The van der Waals surface area contributed by atoms with E-state index in [9.17, 15) is 14.3 Å². The number of carbonyl (C=O) groups excluding carboxylic acids is 1. The molecule has 1 spiro atoms. The van der Waals surface area contributed by atoms with Crippen LogP contribution in [0.2, 0.25) is 10.0 Å². The topological polar surface area (TPSA) is 52.6 Å². The second kappa shape index (κ2) is 7.16. The first-order valence-corrected chi connectivity index (χ1v) is 10.8.